The molecule has 1 aromatic carbocycles. The van der Waals surface area contributed by atoms with Crippen LogP contribution in [0.1, 0.15) is 11.3 Å². The second-order valence-corrected chi connectivity index (χ2v) is 3.50. The highest BCUT2D eigenvalue weighted by atomic mass is 16.3. The van der Waals surface area contributed by atoms with Gasteiger partial charge in [0.05, 0.1) is 5.69 Å². The SMILES string of the molecule is C(=C\c1cn2ccoc2n1)/c1ccccc1. The molecule has 3 aromatic rings. The van der Waals surface area contributed by atoms with Crippen LogP contribution in [0.3, 0.4) is 0 Å². The highest BCUT2D eigenvalue weighted by molar-refractivity contribution is 5.68. The van der Waals surface area contributed by atoms with Gasteiger partial charge >= 0.3 is 5.84 Å². The molecule has 3 nitrogen and oxygen atoms in total. The Morgan fingerprint density at radius 2 is 2.00 bits per heavy atom. The van der Waals surface area contributed by atoms with E-state index in [1.807, 2.05) is 47.1 Å². The minimum atomic E-state index is 0.618. The van der Waals surface area contributed by atoms with Crippen molar-refractivity contribution in [1.82, 2.24) is 9.38 Å². The van der Waals surface area contributed by atoms with Gasteiger partial charge in [0.2, 0.25) is 0 Å². The van der Waals surface area contributed by atoms with Crippen LogP contribution in [-0.2, 0) is 0 Å². The molecule has 0 saturated heterocycles. The highest BCUT2D eigenvalue weighted by Gasteiger charge is 1.99. The fourth-order valence-corrected chi connectivity index (χ4v) is 1.57. The number of hydrogen-bond acceptors (Lipinski definition) is 2. The minimum Gasteiger partial charge on any atom is -0.432 e. The molecule has 0 amide bonds. The summed E-state index contributed by atoms with van der Waals surface area (Å²) in [5.41, 5.74) is 2.05. The molecule has 0 atom stereocenters. The molecule has 0 aliphatic heterocycles. The molecule has 0 spiro atoms. The molecule has 3 rings (SSSR count). The Balaban J connectivity index is 1.90. The van der Waals surface area contributed by atoms with Crippen LogP contribution < -0.4 is 0 Å². The number of hydrogen-bond donors (Lipinski definition) is 0. The van der Waals surface area contributed by atoms with E-state index in [0.29, 0.717) is 5.84 Å². The predicted octanol–water partition coefficient (Wildman–Crippen LogP) is 3.10. The zero-order chi connectivity index (χ0) is 10.8. The van der Waals surface area contributed by atoms with Crippen molar-refractivity contribution in [3.63, 3.8) is 0 Å². The predicted molar refractivity (Wildman–Crippen MR) is 62.8 cm³/mol. The number of aromatic nitrogens is 2. The van der Waals surface area contributed by atoms with Gasteiger partial charge in [-0.25, -0.2) is 0 Å². The number of benzene rings is 1. The van der Waals surface area contributed by atoms with E-state index < -0.39 is 0 Å². The van der Waals surface area contributed by atoms with Gasteiger partial charge in [0, 0.05) is 12.4 Å². The largest absolute Gasteiger partial charge is 0.432 e. The van der Waals surface area contributed by atoms with E-state index in [1.54, 1.807) is 6.26 Å². The monoisotopic (exact) mass is 210 g/mol. The van der Waals surface area contributed by atoms with Gasteiger partial charge in [-0.1, -0.05) is 36.4 Å². The number of oxazole rings is 1. The van der Waals surface area contributed by atoms with Crippen molar-refractivity contribution >= 4 is 18.0 Å². The molecule has 3 heteroatoms. The molecule has 0 bridgehead atoms. The van der Waals surface area contributed by atoms with Crippen molar-refractivity contribution in [3.05, 3.63) is 60.2 Å². The summed E-state index contributed by atoms with van der Waals surface area (Å²) in [7, 11) is 0. The Labute approximate surface area is 92.7 Å². The average molecular weight is 210 g/mol. The standard InChI is InChI=1S/C13H10N2O/c1-2-4-11(5-3-1)6-7-12-10-15-8-9-16-13(15)14-12/h1-10H/b7-6+. The van der Waals surface area contributed by atoms with E-state index >= 15 is 0 Å². The fraction of sp³-hybridized carbons (Fsp3) is 0. The first kappa shape index (κ1) is 8.97. The van der Waals surface area contributed by atoms with Crippen LogP contribution in [0.15, 0.2) is 53.4 Å². The number of rotatable bonds is 2. The quantitative estimate of drug-likeness (QED) is 0.650. The van der Waals surface area contributed by atoms with Crippen LogP contribution in [0.4, 0.5) is 0 Å². The average Bonchev–Trinajstić information content (AvgIpc) is 2.88. The normalized spacial score (nSPS) is 11.5. The molecular formula is C13H10N2O. The molecule has 0 radical (unpaired) electrons. The minimum absolute atomic E-state index is 0.618. The van der Waals surface area contributed by atoms with Crippen molar-refractivity contribution in [1.29, 1.82) is 0 Å². The maximum atomic E-state index is 5.17. The highest BCUT2D eigenvalue weighted by Crippen LogP contribution is 2.09. The third-order valence-electron chi connectivity index (χ3n) is 2.36. The molecule has 2 aromatic heterocycles. The van der Waals surface area contributed by atoms with Gasteiger partial charge < -0.3 is 4.42 Å². The maximum Gasteiger partial charge on any atom is 0.306 e. The Morgan fingerprint density at radius 1 is 1.12 bits per heavy atom. The van der Waals surface area contributed by atoms with Gasteiger partial charge in [-0.3, -0.25) is 4.40 Å². The van der Waals surface area contributed by atoms with E-state index in [-0.39, 0.29) is 0 Å². The van der Waals surface area contributed by atoms with Crippen LogP contribution in [-0.4, -0.2) is 9.38 Å². The first-order valence-electron chi connectivity index (χ1n) is 5.07. The molecule has 0 unspecified atom stereocenters. The molecule has 0 aliphatic carbocycles. The van der Waals surface area contributed by atoms with E-state index in [4.69, 9.17) is 4.42 Å². The van der Waals surface area contributed by atoms with Crippen molar-refractivity contribution in [2.45, 2.75) is 0 Å². The topological polar surface area (TPSA) is 30.4 Å². The van der Waals surface area contributed by atoms with E-state index in [2.05, 4.69) is 17.1 Å². The van der Waals surface area contributed by atoms with Gasteiger partial charge in [-0.05, 0) is 11.6 Å². The summed E-state index contributed by atoms with van der Waals surface area (Å²) in [4.78, 5) is 4.30. The molecule has 0 N–H and O–H groups in total. The molecule has 0 saturated carbocycles. The fourth-order valence-electron chi connectivity index (χ4n) is 1.57. The summed E-state index contributed by atoms with van der Waals surface area (Å²) in [5.74, 6) is 0.618. The summed E-state index contributed by atoms with van der Waals surface area (Å²) < 4.78 is 7.02. The lowest BCUT2D eigenvalue weighted by Gasteiger charge is -1.89. The van der Waals surface area contributed by atoms with Gasteiger partial charge in [0.25, 0.3) is 0 Å². The lowest BCUT2D eigenvalue weighted by atomic mass is 10.2. The Morgan fingerprint density at radius 3 is 2.81 bits per heavy atom. The molecule has 2 heterocycles. The van der Waals surface area contributed by atoms with Gasteiger partial charge in [-0.15, -0.1) is 0 Å². The van der Waals surface area contributed by atoms with Crippen LogP contribution in [0.25, 0.3) is 18.0 Å². The summed E-state index contributed by atoms with van der Waals surface area (Å²) in [6.07, 6.45) is 9.38. The second-order valence-electron chi connectivity index (χ2n) is 3.50. The first-order valence-corrected chi connectivity index (χ1v) is 5.07. The van der Waals surface area contributed by atoms with Crippen molar-refractivity contribution in [3.8, 4) is 0 Å². The smallest absolute Gasteiger partial charge is 0.306 e. The van der Waals surface area contributed by atoms with Crippen LogP contribution in [0.2, 0.25) is 0 Å². The Kier molecular flexibility index (Phi) is 2.07. The summed E-state index contributed by atoms with van der Waals surface area (Å²) in [5, 5.41) is 0. The van der Waals surface area contributed by atoms with E-state index in [9.17, 15) is 0 Å². The summed E-state index contributed by atoms with van der Waals surface area (Å²) >= 11 is 0. The molecule has 16 heavy (non-hydrogen) atoms. The van der Waals surface area contributed by atoms with Crippen LogP contribution in [0, 0.1) is 0 Å². The Bertz CT molecular complexity index is 591. The third kappa shape index (κ3) is 1.63. The van der Waals surface area contributed by atoms with Crippen molar-refractivity contribution in [2.75, 3.05) is 0 Å². The second kappa shape index (κ2) is 3.70. The van der Waals surface area contributed by atoms with Crippen LogP contribution in [0.5, 0.6) is 0 Å². The molecule has 0 fully saturated rings. The maximum absolute atomic E-state index is 5.17. The number of fused-ring (bicyclic) bond motifs is 1. The zero-order valence-corrected chi connectivity index (χ0v) is 8.58. The summed E-state index contributed by atoms with van der Waals surface area (Å²) in [6, 6.07) is 10.1. The molecule has 0 aliphatic rings. The lowest BCUT2D eigenvalue weighted by molar-refractivity contribution is 0.596. The molecule has 78 valence electrons. The lowest BCUT2D eigenvalue weighted by Crippen LogP contribution is -1.71. The van der Waals surface area contributed by atoms with Gasteiger partial charge in [0.1, 0.15) is 6.26 Å². The number of nitrogens with zero attached hydrogens (tertiary/aromatic N) is 2. The Hall–Kier alpha value is -2.29. The van der Waals surface area contributed by atoms with Crippen molar-refractivity contribution < 1.29 is 4.42 Å². The van der Waals surface area contributed by atoms with Gasteiger partial charge in [-0.2, -0.15) is 4.98 Å². The summed E-state index contributed by atoms with van der Waals surface area (Å²) in [6.45, 7) is 0. The third-order valence-corrected chi connectivity index (χ3v) is 2.36. The van der Waals surface area contributed by atoms with Crippen LogP contribution >= 0.6 is 0 Å². The van der Waals surface area contributed by atoms with E-state index in [1.165, 1.54) is 0 Å². The number of imidazole rings is 1. The van der Waals surface area contributed by atoms with E-state index in [0.717, 1.165) is 11.3 Å². The zero-order valence-electron chi connectivity index (χ0n) is 8.58. The first-order chi connectivity index (χ1) is 7.92. The van der Waals surface area contributed by atoms with Gasteiger partial charge in [0.15, 0.2) is 0 Å². The molecular weight excluding hydrogens is 200 g/mol. The van der Waals surface area contributed by atoms with Crippen molar-refractivity contribution in [2.24, 2.45) is 0 Å².